The number of hydrogen-bond acceptors (Lipinski definition) is 5. The minimum atomic E-state index is 0.421. The minimum absolute atomic E-state index is 0.421. The van der Waals surface area contributed by atoms with Gasteiger partial charge in [0.2, 0.25) is 0 Å². The maximum Gasteiger partial charge on any atom is 0.129 e. The van der Waals surface area contributed by atoms with Gasteiger partial charge in [-0.05, 0) is 50.8 Å². The van der Waals surface area contributed by atoms with Crippen molar-refractivity contribution in [2.45, 2.75) is 38.0 Å². The highest BCUT2D eigenvalue weighted by molar-refractivity contribution is 5.37. The van der Waals surface area contributed by atoms with Gasteiger partial charge in [-0.25, -0.2) is 9.97 Å². The number of aryl methyl sites for hydroxylation is 1. The van der Waals surface area contributed by atoms with Gasteiger partial charge in [-0.2, -0.15) is 0 Å². The zero-order chi connectivity index (χ0) is 18.5. The van der Waals surface area contributed by atoms with E-state index in [0.717, 1.165) is 56.0 Å². The second-order valence-electron chi connectivity index (χ2n) is 7.74. The third-order valence-electron chi connectivity index (χ3n) is 5.80. The second-order valence-corrected chi connectivity index (χ2v) is 7.74. The quantitative estimate of drug-likeness (QED) is 0.847. The lowest BCUT2D eigenvalue weighted by Crippen LogP contribution is -2.36. The average Bonchev–Trinajstić information content (AvgIpc) is 3.24. The molecule has 2 saturated heterocycles. The van der Waals surface area contributed by atoms with Crippen molar-refractivity contribution in [3.05, 3.63) is 53.5 Å². The lowest BCUT2D eigenvalue weighted by Gasteiger charge is -2.32. The fraction of sp³-hybridized carbons (Fsp3) is 0.545. The van der Waals surface area contributed by atoms with Crippen LogP contribution in [0.2, 0.25) is 0 Å². The molecule has 2 fully saturated rings. The van der Waals surface area contributed by atoms with Crippen LogP contribution in [-0.2, 0) is 4.74 Å². The molecule has 0 saturated carbocycles. The van der Waals surface area contributed by atoms with Crippen LogP contribution in [0.1, 0.15) is 48.2 Å². The number of piperidine rings is 1. The van der Waals surface area contributed by atoms with Crippen LogP contribution in [0.4, 0.5) is 5.82 Å². The molecule has 5 heteroatoms. The van der Waals surface area contributed by atoms with Crippen molar-refractivity contribution < 1.29 is 4.74 Å². The molecule has 144 valence electrons. The Labute approximate surface area is 162 Å². The number of rotatable bonds is 6. The van der Waals surface area contributed by atoms with Gasteiger partial charge < -0.3 is 15.0 Å². The van der Waals surface area contributed by atoms with Crippen LogP contribution >= 0.6 is 0 Å². The molecule has 1 aromatic heterocycles. The normalized spacial score (nSPS) is 21.4. The SMILES string of the molecule is Cc1nc(NCCN2CCC(c3ccccc3)CC2)cc(C2CCOC2)n1. The third kappa shape index (κ3) is 4.85. The Morgan fingerprint density at radius 1 is 1.07 bits per heavy atom. The fourth-order valence-electron chi connectivity index (χ4n) is 4.22. The molecule has 0 aliphatic carbocycles. The lowest BCUT2D eigenvalue weighted by molar-refractivity contribution is 0.193. The zero-order valence-electron chi connectivity index (χ0n) is 16.2. The first kappa shape index (κ1) is 18.4. The van der Waals surface area contributed by atoms with Crippen LogP contribution in [0.15, 0.2) is 36.4 Å². The first-order chi connectivity index (χ1) is 13.3. The number of nitrogens with zero attached hydrogens (tertiary/aromatic N) is 3. The lowest BCUT2D eigenvalue weighted by atomic mass is 9.89. The highest BCUT2D eigenvalue weighted by Gasteiger charge is 2.21. The van der Waals surface area contributed by atoms with E-state index in [9.17, 15) is 0 Å². The second kappa shape index (κ2) is 8.81. The zero-order valence-corrected chi connectivity index (χ0v) is 16.2. The van der Waals surface area contributed by atoms with Crippen LogP contribution in [0.3, 0.4) is 0 Å². The molecule has 0 amide bonds. The largest absolute Gasteiger partial charge is 0.381 e. The molecule has 2 aromatic rings. The van der Waals surface area contributed by atoms with Crippen molar-refractivity contribution in [1.82, 2.24) is 14.9 Å². The fourth-order valence-corrected chi connectivity index (χ4v) is 4.22. The first-order valence-corrected chi connectivity index (χ1v) is 10.2. The van der Waals surface area contributed by atoms with E-state index < -0.39 is 0 Å². The van der Waals surface area contributed by atoms with Gasteiger partial charge in [0.05, 0.1) is 12.3 Å². The monoisotopic (exact) mass is 366 g/mol. The van der Waals surface area contributed by atoms with E-state index >= 15 is 0 Å². The number of benzene rings is 1. The van der Waals surface area contributed by atoms with E-state index in [-0.39, 0.29) is 0 Å². The predicted molar refractivity (Wildman–Crippen MR) is 108 cm³/mol. The number of hydrogen-bond donors (Lipinski definition) is 1. The van der Waals surface area contributed by atoms with Gasteiger partial charge >= 0.3 is 0 Å². The maximum atomic E-state index is 5.50. The van der Waals surface area contributed by atoms with Crippen molar-refractivity contribution >= 4 is 5.82 Å². The summed E-state index contributed by atoms with van der Waals surface area (Å²) in [5.74, 6) is 2.93. The average molecular weight is 367 g/mol. The summed E-state index contributed by atoms with van der Waals surface area (Å²) >= 11 is 0. The molecule has 0 spiro atoms. The minimum Gasteiger partial charge on any atom is -0.381 e. The Morgan fingerprint density at radius 2 is 1.89 bits per heavy atom. The molecule has 27 heavy (non-hydrogen) atoms. The molecular formula is C22H30N4O. The highest BCUT2D eigenvalue weighted by atomic mass is 16.5. The Hall–Kier alpha value is -1.98. The highest BCUT2D eigenvalue weighted by Crippen LogP contribution is 2.28. The molecular weight excluding hydrogens is 336 g/mol. The standard InChI is InChI=1S/C22H30N4O/c1-17-24-21(20-9-14-27-16-20)15-22(25-17)23-10-13-26-11-7-19(8-12-26)18-5-3-2-4-6-18/h2-6,15,19-20H,7-14,16H2,1H3,(H,23,24,25). The smallest absolute Gasteiger partial charge is 0.129 e. The van der Waals surface area contributed by atoms with Gasteiger partial charge in [0, 0.05) is 31.7 Å². The molecule has 1 aromatic carbocycles. The molecule has 0 bridgehead atoms. The van der Waals surface area contributed by atoms with Gasteiger partial charge in [-0.15, -0.1) is 0 Å². The number of aromatic nitrogens is 2. The van der Waals surface area contributed by atoms with E-state index in [0.29, 0.717) is 5.92 Å². The molecule has 1 unspecified atom stereocenters. The van der Waals surface area contributed by atoms with Crippen LogP contribution in [0.25, 0.3) is 0 Å². The van der Waals surface area contributed by atoms with E-state index in [1.165, 1.54) is 31.5 Å². The summed E-state index contributed by atoms with van der Waals surface area (Å²) in [6.07, 6.45) is 3.57. The number of ether oxygens (including phenoxy) is 1. The van der Waals surface area contributed by atoms with Gasteiger partial charge in [-0.3, -0.25) is 0 Å². The number of likely N-dealkylation sites (tertiary alicyclic amines) is 1. The van der Waals surface area contributed by atoms with Crippen molar-refractivity contribution in [2.24, 2.45) is 0 Å². The summed E-state index contributed by atoms with van der Waals surface area (Å²) in [4.78, 5) is 11.7. The Kier molecular flexibility index (Phi) is 6.00. The van der Waals surface area contributed by atoms with Crippen molar-refractivity contribution in [3.63, 3.8) is 0 Å². The molecule has 3 heterocycles. The van der Waals surface area contributed by atoms with Gasteiger partial charge in [0.25, 0.3) is 0 Å². The summed E-state index contributed by atoms with van der Waals surface area (Å²) in [6, 6.07) is 13.1. The summed E-state index contributed by atoms with van der Waals surface area (Å²) in [7, 11) is 0. The Bertz CT molecular complexity index is 722. The first-order valence-electron chi connectivity index (χ1n) is 10.2. The molecule has 0 radical (unpaired) electrons. The molecule has 2 aliphatic rings. The summed E-state index contributed by atoms with van der Waals surface area (Å²) in [5.41, 5.74) is 2.61. The molecule has 4 rings (SSSR count). The number of anilines is 1. The van der Waals surface area contributed by atoms with Crippen molar-refractivity contribution in [2.75, 3.05) is 44.7 Å². The van der Waals surface area contributed by atoms with Crippen LogP contribution in [-0.4, -0.2) is 54.3 Å². The van der Waals surface area contributed by atoms with Crippen LogP contribution in [0.5, 0.6) is 0 Å². The molecule has 1 N–H and O–H groups in total. The van der Waals surface area contributed by atoms with Crippen LogP contribution < -0.4 is 5.32 Å². The molecule has 1 atom stereocenters. The Morgan fingerprint density at radius 3 is 2.63 bits per heavy atom. The number of nitrogens with one attached hydrogen (secondary N) is 1. The maximum absolute atomic E-state index is 5.50. The summed E-state index contributed by atoms with van der Waals surface area (Å²) in [6.45, 7) is 7.93. The van der Waals surface area contributed by atoms with E-state index in [4.69, 9.17) is 4.74 Å². The van der Waals surface area contributed by atoms with Gasteiger partial charge in [-0.1, -0.05) is 30.3 Å². The predicted octanol–water partition coefficient (Wildman–Crippen LogP) is 3.58. The van der Waals surface area contributed by atoms with E-state index in [2.05, 4.69) is 56.6 Å². The van der Waals surface area contributed by atoms with Crippen LogP contribution in [0, 0.1) is 6.92 Å². The van der Waals surface area contributed by atoms with E-state index in [1.54, 1.807) is 0 Å². The van der Waals surface area contributed by atoms with Gasteiger partial charge in [0.15, 0.2) is 0 Å². The topological polar surface area (TPSA) is 50.3 Å². The molecule has 5 nitrogen and oxygen atoms in total. The van der Waals surface area contributed by atoms with Gasteiger partial charge in [0.1, 0.15) is 11.6 Å². The Balaban J connectivity index is 1.24. The van der Waals surface area contributed by atoms with E-state index in [1.807, 2.05) is 6.92 Å². The van der Waals surface area contributed by atoms with Crippen molar-refractivity contribution in [1.29, 1.82) is 0 Å². The summed E-state index contributed by atoms with van der Waals surface area (Å²) in [5, 5.41) is 3.51. The third-order valence-corrected chi connectivity index (χ3v) is 5.80. The molecule has 2 aliphatic heterocycles. The summed E-state index contributed by atoms with van der Waals surface area (Å²) < 4.78 is 5.50. The van der Waals surface area contributed by atoms with Crippen molar-refractivity contribution in [3.8, 4) is 0 Å².